The summed E-state index contributed by atoms with van der Waals surface area (Å²) in [6.45, 7) is 2.52. The highest BCUT2D eigenvalue weighted by Gasteiger charge is 2.01. The largest absolute Gasteiger partial charge is 0.352 e. The van der Waals surface area contributed by atoms with E-state index in [2.05, 4.69) is 11.2 Å². The van der Waals surface area contributed by atoms with E-state index < -0.39 is 0 Å². The van der Waals surface area contributed by atoms with Crippen molar-refractivity contribution in [2.24, 2.45) is 0 Å². The number of amides is 1. The van der Waals surface area contributed by atoms with Crippen LogP contribution in [0.5, 0.6) is 0 Å². The lowest BCUT2D eigenvalue weighted by atomic mass is 10.1. The lowest BCUT2D eigenvalue weighted by Gasteiger charge is -2.01. The molecule has 0 saturated carbocycles. The zero-order valence-corrected chi connectivity index (χ0v) is 7.50. The van der Waals surface area contributed by atoms with Crippen molar-refractivity contribution in [3.05, 3.63) is 35.4 Å². The van der Waals surface area contributed by atoms with Crippen LogP contribution in [-0.2, 0) is 0 Å². The van der Waals surface area contributed by atoms with E-state index in [1.807, 2.05) is 6.92 Å². The standard InChI is InChI=1S/C11H11NO/c1-3-9-5-7-10(8-6-9)11(13)12-4-2/h1,5-8H,4H2,2H3,(H,12,13). The van der Waals surface area contributed by atoms with Crippen molar-refractivity contribution >= 4 is 5.91 Å². The first-order valence-electron chi connectivity index (χ1n) is 4.12. The summed E-state index contributed by atoms with van der Waals surface area (Å²) in [4.78, 5) is 11.3. The van der Waals surface area contributed by atoms with E-state index in [1.165, 1.54) is 0 Å². The molecule has 0 aliphatic carbocycles. The topological polar surface area (TPSA) is 29.1 Å². The van der Waals surface area contributed by atoms with Crippen LogP contribution in [0.25, 0.3) is 0 Å². The molecule has 0 aromatic heterocycles. The van der Waals surface area contributed by atoms with Crippen LogP contribution in [0.15, 0.2) is 24.3 Å². The number of benzene rings is 1. The zero-order chi connectivity index (χ0) is 9.68. The van der Waals surface area contributed by atoms with Crippen molar-refractivity contribution in [1.29, 1.82) is 0 Å². The van der Waals surface area contributed by atoms with Gasteiger partial charge in [0, 0.05) is 17.7 Å². The predicted octanol–water partition coefficient (Wildman–Crippen LogP) is 1.42. The number of nitrogens with one attached hydrogen (secondary N) is 1. The van der Waals surface area contributed by atoms with Crippen molar-refractivity contribution in [1.82, 2.24) is 5.32 Å². The lowest BCUT2D eigenvalue weighted by Crippen LogP contribution is -2.22. The summed E-state index contributed by atoms with van der Waals surface area (Å²) < 4.78 is 0. The van der Waals surface area contributed by atoms with Crippen LogP contribution in [0.2, 0.25) is 0 Å². The molecule has 2 nitrogen and oxygen atoms in total. The third kappa shape index (κ3) is 2.34. The van der Waals surface area contributed by atoms with Crippen molar-refractivity contribution in [3.8, 4) is 12.3 Å². The molecule has 13 heavy (non-hydrogen) atoms. The van der Waals surface area contributed by atoms with Crippen LogP contribution in [0, 0.1) is 12.3 Å². The van der Waals surface area contributed by atoms with E-state index in [-0.39, 0.29) is 5.91 Å². The van der Waals surface area contributed by atoms with Gasteiger partial charge in [-0.3, -0.25) is 4.79 Å². The number of terminal acetylenes is 1. The van der Waals surface area contributed by atoms with Gasteiger partial charge < -0.3 is 5.32 Å². The normalized spacial score (nSPS) is 8.92. The molecular weight excluding hydrogens is 162 g/mol. The highest BCUT2D eigenvalue weighted by Crippen LogP contribution is 2.02. The smallest absolute Gasteiger partial charge is 0.251 e. The Morgan fingerprint density at radius 2 is 2.08 bits per heavy atom. The molecule has 0 heterocycles. The number of hydrogen-bond donors (Lipinski definition) is 1. The van der Waals surface area contributed by atoms with Crippen molar-refractivity contribution in [2.75, 3.05) is 6.54 Å². The Labute approximate surface area is 78.0 Å². The fourth-order valence-electron chi connectivity index (χ4n) is 0.980. The van der Waals surface area contributed by atoms with E-state index >= 15 is 0 Å². The summed E-state index contributed by atoms with van der Waals surface area (Å²) in [5.41, 5.74) is 1.42. The number of carbonyl (C=O) groups excluding carboxylic acids is 1. The molecule has 0 atom stereocenters. The molecule has 1 aromatic carbocycles. The second kappa shape index (κ2) is 4.32. The van der Waals surface area contributed by atoms with Gasteiger partial charge in [-0.2, -0.15) is 0 Å². The summed E-state index contributed by atoms with van der Waals surface area (Å²) in [6.07, 6.45) is 5.18. The molecule has 0 aliphatic heterocycles. The van der Waals surface area contributed by atoms with Crippen LogP contribution < -0.4 is 5.32 Å². The maximum Gasteiger partial charge on any atom is 0.251 e. The molecule has 0 saturated heterocycles. The van der Waals surface area contributed by atoms with Crippen molar-refractivity contribution in [3.63, 3.8) is 0 Å². The van der Waals surface area contributed by atoms with Crippen LogP contribution in [0.1, 0.15) is 22.8 Å². The predicted molar refractivity (Wildman–Crippen MR) is 52.4 cm³/mol. The average molecular weight is 173 g/mol. The molecule has 1 rings (SSSR count). The van der Waals surface area contributed by atoms with Gasteiger partial charge in [0.15, 0.2) is 0 Å². The second-order valence-corrected chi connectivity index (χ2v) is 2.58. The van der Waals surface area contributed by atoms with Gasteiger partial charge in [-0.1, -0.05) is 5.92 Å². The zero-order valence-electron chi connectivity index (χ0n) is 7.50. The summed E-state index contributed by atoms with van der Waals surface area (Å²) in [5.74, 6) is 2.43. The molecule has 2 heteroatoms. The molecule has 1 amide bonds. The second-order valence-electron chi connectivity index (χ2n) is 2.58. The Morgan fingerprint density at radius 3 is 2.54 bits per heavy atom. The number of hydrogen-bond acceptors (Lipinski definition) is 1. The van der Waals surface area contributed by atoms with Gasteiger partial charge in [-0.05, 0) is 31.2 Å². The Bertz CT molecular complexity index is 332. The highest BCUT2D eigenvalue weighted by atomic mass is 16.1. The number of carbonyl (C=O) groups is 1. The molecular formula is C11H11NO. The van der Waals surface area contributed by atoms with Gasteiger partial charge in [-0.15, -0.1) is 6.42 Å². The van der Waals surface area contributed by atoms with Crippen molar-refractivity contribution in [2.45, 2.75) is 6.92 Å². The first-order chi connectivity index (χ1) is 6.27. The van der Waals surface area contributed by atoms with Gasteiger partial charge in [0.2, 0.25) is 0 Å². The van der Waals surface area contributed by atoms with Crippen LogP contribution in [0.4, 0.5) is 0 Å². The van der Waals surface area contributed by atoms with Gasteiger partial charge >= 0.3 is 0 Å². The molecule has 1 aromatic rings. The third-order valence-electron chi connectivity index (χ3n) is 1.65. The van der Waals surface area contributed by atoms with Crippen molar-refractivity contribution < 1.29 is 4.79 Å². The minimum Gasteiger partial charge on any atom is -0.352 e. The van der Waals surface area contributed by atoms with Gasteiger partial charge in [-0.25, -0.2) is 0 Å². The minimum absolute atomic E-state index is 0.0638. The van der Waals surface area contributed by atoms with Crippen LogP contribution in [-0.4, -0.2) is 12.5 Å². The first-order valence-corrected chi connectivity index (χ1v) is 4.12. The van der Waals surface area contributed by atoms with E-state index in [0.29, 0.717) is 12.1 Å². The summed E-state index contributed by atoms with van der Waals surface area (Å²) in [5, 5.41) is 2.71. The Kier molecular flexibility index (Phi) is 3.10. The fourth-order valence-corrected chi connectivity index (χ4v) is 0.980. The van der Waals surface area contributed by atoms with Crippen LogP contribution in [0.3, 0.4) is 0 Å². The Morgan fingerprint density at radius 1 is 1.46 bits per heavy atom. The first kappa shape index (κ1) is 9.34. The molecule has 0 radical (unpaired) electrons. The maximum atomic E-state index is 11.3. The maximum absolute atomic E-state index is 11.3. The lowest BCUT2D eigenvalue weighted by molar-refractivity contribution is 0.0956. The molecule has 1 N–H and O–H groups in total. The van der Waals surface area contributed by atoms with E-state index in [9.17, 15) is 4.79 Å². The molecule has 0 unspecified atom stereocenters. The van der Waals surface area contributed by atoms with E-state index in [4.69, 9.17) is 6.42 Å². The highest BCUT2D eigenvalue weighted by molar-refractivity contribution is 5.94. The quantitative estimate of drug-likeness (QED) is 0.673. The third-order valence-corrected chi connectivity index (χ3v) is 1.65. The minimum atomic E-state index is -0.0638. The molecule has 0 spiro atoms. The average Bonchev–Trinajstić information content (AvgIpc) is 2.18. The molecule has 0 aliphatic rings. The van der Waals surface area contributed by atoms with E-state index in [0.717, 1.165) is 5.56 Å². The molecule has 0 bridgehead atoms. The van der Waals surface area contributed by atoms with Gasteiger partial charge in [0.05, 0.1) is 0 Å². The van der Waals surface area contributed by atoms with Gasteiger partial charge in [0.25, 0.3) is 5.91 Å². The summed E-state index contributed by atoms with van der Waals surface area (Å²) in [7, 11) is 0. The van der Waals surface area contributed by atoms with Gasteiger partial charge in [0.1, 0.15) is 0 Å². The SMILES string of the molecule is C#Cc1ccc(C(=O)NCC)cc1. The van der Waals surface area contributed by atoms with Crippen LogP contribution >= 0.6 is 0 Å². The molecule has 66 valence electrons. The molecule has 0 fully saturated rings. The summed E-state index contributed by atoms with van der Waals surface area (Å²) in [6, 6.07) is 6.95. The summed E-state index contributed by atoms with van der Waals surface area (Å²) >= 11 is 0. The Balaban J connectivity index is 2.81. The number of rotatable bonds is 2. The monoisotopic (exact) mass is 173 g/mol. The van der Waals surface area contributed by atoms with E-state index in [1.54, 1.807) is 24.3 Å². The Hall–Kier alpha value is -1.75. The fraction of sp³-hybridized carbons (Fsp3) is 0.182.